The van der Waals surface area contributed by atoms with Crippen LogP contribution in [0.4, 0.5) is 4.39 Å². The normalized spacial score (nSPS) is 9.92. The molecule has 13 heavy (non-hydrogen) atoms. The second-order valence-corrected chi connectivity index (χ2v) is 3.27. The minimum absolute atomic E-state index is 0.259. The summed E-state index contributed by atoms with van der Waals surface area (Å²) >= 11 is 1.38. The third-order valence-electron chi connectivity index (χ3n) is 1.48. The zero-order valence-corrected chi connectivity index (χ0v) is 7.48. The lowest BCUT2D eigenvalue weighted by atomic mass is 10.3. The van der Waals surface area contributed by atoms with Gasteiger partial charge in [-0.3, -0.25) is 0 Å². The molecule has 1 heterocycles. The first-order chi connectivity index (χ1) is 6.34. The number of halogens is 1. The summed E-state index contributed by atoms with van der Waals surface area (Å²) in [5.74, 6) is 0.377. The fraction of sp³-hybridized carbons (Fsp3) is 0. The van der Waals surface area contributed by atoms with Gasteiger partial charge >= 0.3 is 0 Å². The van der Waals surface area contributed by atoms with Crippen LogP contribution >= 0.6 is 11.3 Å². The van der Waals surface area contributed by atoms with Gasteiger partial charge in [-0.15, -0.1) is 0 Å². The van der Waals surface area contributed by atoms with Crippen LogP contribution in [0.15, 0.2) is 36.4 Å². The minimum atomic E-state index is -0.259. The lowest BCUT2D eigenvalue weighted by molar-refractivity contribution is 0.494. The Kier molecular flexibility index (Phi) is 2.27. The van der Waals surface area contributed by atoms with E-state index in [0.29, 0.717) is 5.75 Å². The number of rotatable bonds is 2. The Balaban J connectivity index is 2.15. The summed E-state index contributed by atoms with van der Waals surface area (Å²) in [6.07, 6.45) is 0. The molecule has 1 nitrogen and oxygen atoms in total. The van der Waals surface area contributed by atoms with Crippen LogP contribution in [-0.4, -0.2) is 0 Å². The van der Waals surface area contributed by atoms with Gasteiger partial charge in [0.25, 0.3) is 0 Å². The molecule has 0 aliphatic rings. The number of hydrogen-bond acceptors (Lipinski definition) is 2. The fourth-order valence-corrected chi connectivity index (χ4v) is 1.43. The maximum Gasteiger partial charge on any atom is 0.181 e. The number of thiophene rings is 1. The van der Waals surface area contributed by atoms with Gasteiger partial charge in [0.2, 0.25) is 0 Å². The van der Waals surface area contributed by atoms with Crippen LogP contribution in [-0.2, 0) is 0 Å². The third-order valence-corrected chi connectivity index (χ3v) is 2.15. The highest BCUT2D eigenvalue weighted by Gasteiger charge is 1.97. The first-order valence-electron chi connectivity index (χ1n) is 3.74. The van der Waals surface area contributed by atoms with Crippen LogP contribution < -0.4 is 4.74 Å². The molecule has 0 aliphatic heterocycles. The van der Waals surface area contributed by atoms with Gasteiger partial charge in [-0.2, -0.15) is 0 Å². The van der Waals surface area contributed by atoms with Crippen LogP contribution in [0.5, 0.6) is 10.8 Å². The van der Waals surface area contributed by atoms with E-state index in [1.807, 2.05) is 6.07 Å². The Morgan fingerprint density at radius 1 is 1.15 bits per heavy atom. The van der Waals surface area contributed by atoms with Gasteiger partial charge in [-0.1, -0.05) is 11.3 Å². The van der Waals surface area contributed by atoms with E-state index in [-0.39, 0.29) is 5.82 Å². The highest BCUT2D eigenvalue weighted by Crippen LogP contribution is 2.25. The summed E-state index contributed by atoms with van der Waals surface area (Å²) in [4.78, 5) is 0. The molecule has 2 rings (SSSR count). The molecule has 0 bridgehead atoms. The summed E-state index contributed by atoms with van der Waals surface area (Å²) < 4.78 is 17.9. The predicted molar refractivity (Wildman–Crippen MR) is 49.6 cm³/mol. The van der Waals surface area contributed by atoms with Gasteiger partial charge in [0.1, 0.15) is 11.6 Å². The Hall–Kier alpha value is -1.35. The monoisotopic (exact) mass is 193 g/mol. The molecule has 0 unspecified atom stereocenters. The van der Waals surface area contributed by atoms with Crippen LogP contribution in [0, 0.1) is 11.2 Å². The van der Waals surface area contributed by atoms with Crippen LogP contribution in [0.2, 0.25) is 0 Å². The molecule has 0 saturated carbocycles. The molecule has 3 heteroatoms. The molecule has 65 valence electrons. The third kappa shape index (κ3) is 2.06. The smallest absolute Gasteiger partial charge is 0.181 e. The Morgan fingerprint density at radius 3 is 2.54 bits per heavy atom. The quantitative estimate of drug-likeness (QED) is 0.709. The molecule has 0 aliphatic carbocycles. The average Bonchev–Trinajstić information content (AvgIpc) is 2.62. The Bertz CT molecular complexity index is 366. The van der Waals surface area contributed by atoms with Gasteiger partial charge in [0.05, 0.1) is 0 Å². The van der Waals surface area contributed by atoms with E-state index in [4.69, 9.17) is 4.74 Å². The van der Waals surface area contributed by atoms with E-state index in [0.717, 1.165) is 5.06 Å². The first kappa shape index (κ1) is 8.26. The summed E-state index contributed by atoms with van der Waals surface area (Å²) in [6.45, 7) is 0. The number of ether oxygens (including phenoxy) is 1. The van der Waals surface area contributed by atoms with E-state index in [1.54, 1.807) is 18.2 Å². The van der Waals surface area contributed by atoms with Gasteiger partial charge in [-0.25, -0.2) is 4.39 Å². The molecule has 0 N–H and O–H groups in total. The topological polar surface area (TPSA) is 9.23 Å². The Labute approximate surface area is 79.4 Å². The van der Waals surface area contributed by atoms with Crippen LogP contribution in [0.1, 0.15) is 0 Å². The molecule has 0 saturated heterocycles. The van der Waals surface area contributed by atoms with Crippen molar-refractivity contribution < 1.29 is 9.13 Å². The summed E-state index contributed by atoms with van der Waals surface area (Å²) in [5, 5.41) is 3.66. The van der Waals surface area contributed by atoms with Crippen LogP contribution in [0.25, 0.3) is 0 Å². The lowest BCUT2D eigenvalue weighted by Crippen LogP contribution is -1.80. The molecule has 0 spiro atoms. The van der Waals surface area contributed by atoms with Gasteiger partial charge in [0.15, 0.2) is 5.06 Å². The lowest BCUT2D eigenvalue weighted by Gasteiger charge is -2.00. The Morgan fingerprint density at radius 2 is 1.92 bits per heavy atom. The van der Waals surface area contributed by atoms with Crippen molar-refractivity contribution in [1.82, 2.24) is 0 Å². The second-order valence-electron chi connectivity index (χ2n) is 2.43. The zero-order valence-electron chi connectivity index (χ0n) is 6.66. The molecule has 2 aromatic rings. The molecule has 1 radical (unpaired) electrons. The fourth-order valence-electron chi connectivity index (χ4n) is 0.902. The van der Waals surface area contributed by atoms with Crippen molar-refractivity contribution in [3.05, 3.63) is 47.6 Å². The van der Waals surface area contributed by atoms with E-state index in [2.05, 4.69) is 5.38 Å². The van der Waals surface area contributed by atoms with Crippen molar-refractivity contribution in [2.75, 3.05) is 0 Å². The molecular weight excluding hydrogens is 187 g/mol. The van der Waals surface area contributed by atoms with Gasteiger partial charge in [-0.05, 0) is 36.4 Å². The summed E-state index contributed by atoms with van der Waals surface area (Å²) in [7, 11) is 0. The second kappa shape index (κ2) is 3.58. The largest absolute Gasteiger partial charge is 0.447 e. The van der Waals surface area contributed by atoms with Crippen molar-refractivity contribution in [2.24, 2.45) is 0 Å². The van der Waals surface area contributed by atoms with Crippen molar-refractivity contribution in [3.63, 3.8) is 0 Å². The van der Waals surface area contributed by atoms with Crippen molar-refractivity contribution >= 4 is 11.3 Å². The van der Waals surface area contributed by atoms with E-state index in [9.17, 15) is 4.39 Å². The van der Waals surface area contributed by atoms with Crippen molar-refractivity contribution in [3.8, 4) is 10.8 Å². The van der Waals surface area contributed by atoms with Gasteiger partial charge in [0, 0.05) is 5.38 Å². The van der Waals surface area contributed by atoms with Crippen molar-refractivity contribution in [1.29, 1.82) is 0 Å². The molecule has 0 atom stereocenters. The SMILES string of the molecule is Fc1ccc(Oc2cc[c]s2)cc1. The number of benzene rings is 1. The van der Waals surface area contributed by atoms with E-state index >= 15 is 0 Å². The average molecular weight is 193 g/mol. The maximum absolute atomic E-state index is 12.5. The minimum Gasteiger partial charge on any atom is -0.447 e. The maximum atomic E-state index is 12.5. The standard InChI is InChI=1S/C10H6FOS/c11-8-3-5-9(6-4-8)12-10-2-1-7-13-10/h1-6H. The molecule has 0 fully saturated rings. The zero-order chi connectivity index (χ0) is 9.10. The number of hydrogen-bond donors (Lipinski definition) is 0. The van der Waals surface area contributed by atoms with E-state index in [1.165, 1.54) is 23.5 Å². The highest BCUT2D eigenvalue weighted by molar-refractivity contribution is 7.11. The highest BCUT2D eigenvalue weighted by atomic mass is 32.1. The first-order valence-corrected chi connectivity index (χ1v) is 4.55. The summed E-state index contributed by atoms with van der Waals surface area (Å²) in [5.41, 5.74) is 0. The molecular formula is C10H6FOS. The molecule has 1 aromatic carbocycles. The van der Waals surface area contributed by atoms with Crippen LogP contribution in [0.3, 0.4) is 0 Å². The molecule has 0 amide bonds. The van der Waals surface area contributed by atoms with Gasteiger partial charge < -0.3 is 4.74 Å². The molecule has 1 aromatic heterocycles. The van der Waals surface area contributed by atoms with Crippen molar-refractivity contribution in [2.45, 2.75) is 0 Å². The summed E-state index contributed by atoms with van der Waals surface area (Å²) in [6, 6.07) is 9.51. The predicted octanol–water partition coefficient (Wildman–Crippen LogP) is 3.48. The van der Waals surface area contributed by atoms with E-state index < -0.39 is 0 Å².